The predicted molar refractivity (Wildman–Crippen MR) is 88.4 cm³/mol. The van der Waals surface area contributed by atoms with Gasteiger partial charge < -0.3 is 9.47 Å². The van der Waals surface area contributed by atoms with Crippen molar-refractivity contribution in [1.82, 2.24) is 15.8 Å². The third-order valence-electron chi connectivity index (χ3n) is 3.07. The maximum absolute atomic E-state index is 11.8. The monoisotopic (exact) mass is 327 g/mol. The highest BCUT2D eigenvalue weighted by atomic mass is 16.5. The zero-order valence-electron chi connectivity index (χ0n) is 13.3. The van der Waals surface area contributed by atoms with Crippen LogP contribution in [0.1, 0.15) is 15.9 Å². The number of benzene rings is 1. The Labute approximate surface area is 139 Å². The molecule has 2 amide bonds. The van der Waals surface area contributed by atoms with Crippen molar-refractivity contribution < 1.29 is 19.1 Å². The number of hydrogen-bond acceptors (Lipinski definition) is 5. The smallest absolute Gasteiger partial charge is 0.271 e. The molecule has 0 unspecified atom stereocenters. The first-order valence-electron chi connectivity index (χ1n) is 7.04. The van der Waals surface area contributed by atoms with Crippen LogP contribution in [0.4, 0.5) is 0 Å². The minimum atomic E-state index is -0.489. The van der Waals surface area contributed by atoms with E-state index in [-0.39, 0.29) is 0 Å². The van der Waals surface area contributed by atoms with Crippen molar-refractivity contribution in [1.29, 1.82) is 0 Å². The summed E-state index contributed by atoms with van der Waals surface area (Å²) in [7, 11) is 3.09. The molecule has 2 N–H and O–H groups in total. The van der Waals surface area contributed by atoms with Crippen molar-refractivity contribution in [2.45, 2.75) is 0 Å². The van der Waals surface area contributed by atoms with Gasteiger partial charge in [-0.1, -0.05) is 0 Å². The minimum absolute atomic E-state index is 0.344. The zero-order valence-corrected chi connectivity index (χ0v) is 13.3. The molecule has 2 rings (SSSR count). The number of pyridine rings is 1. The Bertz CT molecular complexity index is 745. The van der Waals surface area contributed by atoms with Gasteiger partial charge in [0.2, 0.25) is 0 Å². The molecule has 1 heterocycles. The van der Waals surface area contributed by atoms with Crippen LogP contribution in [0, 0.1) is 0 Å². The summed E-state index contributed by atoms with van der Waals surface area (Å²) in [4.78, 5) is 27.4. The normalized spacial score (nSPS) is 10.2. The van der Waals surface area contributed by atoms with E-state index in [1.54, 1.807) is 49.7 Å². The average Bonchev–Trinajstić information content (AvgIpc) is 2.64. The summed E-state index contributed by atoms with van der Waals surface area (Å²) in [5, 5.41) is 0. The maximum Gasteiger partial charge on any atom is 0.271 e. The highest BCUT2D eigenvalue weighted by molar-refractivity contribution is 5.97. The number of carbonyl (C=O) groups is 2. The van der Waals surface area contributed by atoms with Gasteiger partial charge in [-0.25, -0.2) is 0 Å². The SMILES string of the molecule is COc1ccc(OC)c(C=CC(=O)NNC(=O)c2cccnc2)c1. The molecule has 1 aromatic heterocycles. The van der Waals surface area contributed by atoms with Gasteiger partial charge in [0, 0.05) is 24.0 Å². The molecule has 0 bridgehead atoms. The molecule has 0 radical (unpaired) electrons. The van der Waals surface area contributed by atoms with Gasteiger partial charge in [-0.3, -0.25) is 25.4 Å². The lowest BCUT2D eigenvalue weighted by Crippen LogP contribution is -2.40. The number of rotatable bonds is 5. The van der Waals surface area contributed by atoms with E-state index in [0.29, 0.717) is 22.6 Å². The van der Waals surface area contributed by atoms with E-state index in [1.807, 2.05) is 0 Å². The van der Waals surface area contributed by atoms with Crippen LogP contribution < -0.4 is 20.3 Å². The Balaban J connectivity index is 1.97. The van der Waals surface area contributed by atoms with Crippen molar-refractivity contribution in [3.63, 3.8) is 0 Å². The van der Waals surface area contributed by atoms with Crippen LogP contribution in [-0.4, -0.2) is 31.0 Å². The summed E-state index contributed by atoms with van der Waals surface area (Å²) in [6, 6.07) is 8.44. The van der Waals surface area contributed by atoms with Crippen molar-refractivity contribution in [2.24, 2.45) is 0 Å². The van der Waals surface area contributed by atoms with Crippen molar-refractivity contribution >= 4 is 17.9 Å². The third kappa shape index (κ3) is 4.57. The van der Waals surface area contributed by atoms with Crippen LogP contribution in [-0.2, 0) is 4.79 Å². The Kier molecular flexibility index (Phi) is 5.90. The quantitative estimate of drug-likeness (QED) is 0.643. The molecule has 124 valence electrons. The lowest BCUT2D eigenvalue weighted by molar-refractivity contribution is -0.117. The fraction of sp³-hybridized carbons (Fsp3) is 0.118. The molecular weight excluding hydrogens is 310 g/mol. The van der Waals surface area contributed by atoms with E-state index >= 15 is 0 Å². The van der Waals surface area contributed by atoms with Gasteiger partial charge in [-0.05, 0) is 36.4 Å². The van der Waals surface area contributed by atoms with E-state index in [4.69, 9.17) is 9.47 Å². The number of hydrogen-bond donors (Lipinski definition) is 2. The van der Waals surface area contributed by atoms with Crippen molar-refractivity contribution in [3.05, 3.63) is 59.9 Å². The van der Waals surface area contributed by atoms with E-state index in [1.165, 1.54) is 19.4 Å². The molecule has 24 heavy (non-hydrogen) atoms. The summed E-state index contributed by atoms with van der Waals surface area (Å²) in [5.41, 5.74) is 5.61. The second-order valence-corrected chi connectivity index (χ2v) is 4.63. The highest BCUT2D eigenvalue weighted by Crippen LogP contribution is 2.24. The summed E-state index contributed by atoms with van der Waals surface area (Å²) in [6.45, 7) is 0. The van der Waals surface area contributed by atoms with Crippen LogP contribution >= 0.6 is 0 Å². The molecule has 0 aliphatic rings. The first-order chi connectivity index (χ1) is 11.6. The first-order valence-corrected chi connectivity index (χ1v) is 7.04. The summed E-state index contributed by atoms with van der Waals surface area (Å²) < 4.78 is 10.4. The number of hydrazine groups is 1. The molecule has 0 aliphatic heterocycles. The third-order valence-corrected chi connectivity index (χ3v) is 3.07. The summed E-state index contributed by atoms with van der Waals surface area (Å²) in [6.07, 6.45) is 5.80. The van der Waals surface area contributed by atoms with Gasteiger partial charge in [0.15, 0.2) is 0 Å². The molecule has 7 nitrogen and oxygen atoms in total. The fourth-order valence-electron chi connectivity index (χ4n) is 1.86. The molecule has 0 aliphatic carbocycles. The standard InChI is InChI=1S/C17H17N3O4/c1-23-14-6-7-15(24-2)12(10-14)5-8-16(21)19-20-17(22)13-4-3-9-18-11-13/h3-11H,1-2H3,(H,19,21)(H,20,22). The number of ether oxygens (including phenoxy) is 2. The van der Waals surface area contributed by atoms with Gasteiger partial charge in [-0.2, -0.15) is 0 Å². The Morgan fingerprint density at radius 3 is 2.62 bits per heavy atom. The number of amides is 2. The van der Waals surface area contributed by atoms with E-state index in [9.17, 15) is 9.59 Å². The van der Waals surface area contributed by atoms with E-state index in [2.05, 4.69) is 15.8 Å². The lowest BCUT2D eigenvalue weighted by atomic mass is 10.1. The fourth-order valence-corrected chi connectivity index (χ4v) is 1.86. The second kappa shape index (κ2) is 8.33. The maximum atomic E-state index is 11.8. The molecule has 0 atom stereocenters. The van der Waals surface area contributed by atoms with E-state index < -0.39 is 11.8 Å². The molecular formula is C17H17N3O4. The van der Waals surface area contributed by atoms with Gasteiger partial charge >= 0.3 is 0 Å². The zero-order chi connectivity index (χ0) is 17.4. The van der Waals surface area contributed by atoms with Crippen LogP contribution in [0.5, 0.6) is 11.5 Å². The summed E-state index contributed by atoms with van der Waals surface area (Å²) in [5.74, 6) is 0.293. The van der Waals surface area contributed by atoms with Crippen LogP contribution in [0.2, 0.25) is 0 Å². The summed E-state index contributed by atoms with van der Waals surface area (Å²) >= 11 is 0. The molecule has 0 saturated heterocycles. The van der Waals surface area contributed by atoms with Crippen molar-refractivity contribution in [3.8, 4) is 11.5 Å². The molecule has 0 spiro atoms. The predicted octanol–water partition coefficient (Wildman–Crippen LogP) is 1.57. The lowest BCUT2D eigenvalue weighted by Gasteiger charge is -2.07. The number of methoxy groups -OCH3 is 2. The Morgan fingerprint density at radius 1 is 1.12 bits per heavy atom. The van der Waals surface area contributed by atoms with E-state index in [0.717, 1.165) is 0 Å². The average molecular weight is 327 g/mol. The van der Waals surface area contributed by atoms with Gasteiger partial charge in [0.25, 0.3) is 11.8 Å². The van der Waals surface area contributed by atoms with Gasteiger partial charge in [0.05, 0.1) is 19.8 Å². The first kappa shape index (κ1) is 17.0. The minimum Gasteiger partial charge on any atom is -0.497 e. The highest BCUT2D eigenvalue weighted by Gasteiger charge is 2.06. The molecule has 7 heteroatoms. The number of nitrogens with one attached hydrogen (secondary N) is 2. The topological polar surface area (TPSA) is 89.5 Å². The van der Waals surface area contributed by atoms with Crippen LogP contribution in [0.3, 0.4) is 0 Å². The Hall–Kier alpha value is -3.35. The largest absolute Gasteiger partial charge is 0.497 e. The molecule has 0 fully saturated rings. The molecule has 0 saturated carbocycles. The molecule has 2 aromatic rings. The van der Waals surface area contributed by atoms with Crippen LogP contribution in [0.15, 0.2) is 48.8 Å². The number of aromatic nitrogens is 1. The van der Waals surface area contributed by atoms with Gasteiger partial charge in [0.1, 0.15) is 11.5 Å². The van der Waals surface area contributed by atoms with Crippen LogP contribution in [0.25, 0.3) is 6.08 Å². The second-order valence-electron chi connectivity index (χ2n) is 4.63. The number of carbonyl (C=O) groups excluding carboxylic acids is 2. The molecule has 1 aromatic carbocycles. The van der Waals surface area contributed by atoms with Gasteiger partial charge in [-0.15, -0.1) is 0 Å². The Morgan fingerprint density at radius 2 is 1.96 bits per heavy atom. The number of nitrogens with zero attached hydrogens (tertiary/aromatic N) is 1. The van der Waals surface area contributed by atoms with Crippen molar-refractivity contribution in [2.75, 3.05) is 14.2 Å².